The first-order valence-electron chi connectivity index (χ1n) is 9.60. The summed E-state index contributed by atoms with van der Waals surface area (Å²) in [5.41, 5.74) is 1.92. The summed E-state index contributed by atoms with van der Waals surface area (Å²) in [5.74, 6) is 1.42. The summed E-state index contributed by atoms with van der Waals surface area (Å²) in [6, 6.07) is 7.70. The summed E-state index contributed by atoms with van der Waals surface area (Å²) in [6.07, 6.45) is 4.70. The van der Waals surface area contributed by atoms with E-state index in [9.17, 15) is 4.79 Å². The van der Waals surface area contributed by atoms with Gasteiger partial charge in [0.05, 0.1) is 5.69 Å². The molecule has 9 heteroatoms. The van der Waals surface area contributed by atoms with Crippen LogP contribution in [0.4, 0.5) is 5.13 Å². The van der Waals surface area contributed by atoms with Crippen LogP contribution < -0.4 is 5.32 Å². The second-order valence-electron chi connectivity index (χ2n) is 6.64. The number of halogens is 1. The quantitative estimate of drug-likeness (QED) is 0.308. The second-order valence-corrected chi connectivity index (χ2v) is 8.88. The average Bonchev–Trinajstić information content (AvgIpc) is 3.30. The van der Waals surface area contributed by atoms with E-state index < -0.39 is 0 Å². The standard InChI is InChI=1S/C20H24ClN5OS2/c1-3-4-5-6-11-26-18(15-7-9-16(21)10-8-15)24-25-20(26)29-13-17-12-28-19(23-17)22-14(2)27/h7-10,12H,3-6,11,13H2,1-2H3,(H,22,23,27). The van der Waals surface area contributed by atoms with Crippen LogP contribution >= 0.6 is 34.7 Å². The van der Waals surface area contributed by atoms with Gasteiger partial charge in [0.1, 0.15) is 0 Å². The number of rotatable bonds is 10. The number of hydrogen-bond donors (Lipinski definition) is 1. The number of anilines is 1. The number of aromatic nitrogens is 4. The van der Waals surface area contributed by atoms with Crippen LogP contribution in [0.25, 0.3) is 11.4 Å². The van der Waals surface area contributed by atoms with Gasteiger partial charge < -0.3 is 9.88 Å². The molecule has 0 radical (unpaired) electrons. The van der Waals surface area contributed by atoms with E-state index in [1.165, 1.54) is 37.5 Å². The molecule has 0 aliphatic carbocycles. The highest BCUT2D eigenvalue weighted by atomic mass is 35.5. The minimum atomic E-state index is -0.113. The number of nitrogens with one attached hydrogen (secondary N) is 1. The van der Waals surface area contributed by atoms with Crippen molar-refractivity contribution in [2.75, 3.05) is 5.32 Å². The van der Waals surface area contributed by atoms with Crippen LogP contribution in [0.1, 0.15) is 45.2 Å². The molecule has 0 unspecified atom stereocenters. The van der Waals surface area contributed by atoms with Crippen LogP contribution in [0.15, 0.2) is 34.8 Å². The number of hydrogen-bond acceptors (Lipinski definition) is 6. The molecular weight excluding hydrogens is 426 g/mol. The molecule has 0 saturated carbocycles. The lowest BCUT2D eigenvalue weighted by atomic mass is 10.2. The van der Waals surface area contributed by atoms with Crippen LogP contribution in [0.2, 0.25) is 5.02 Å². The summed E-state index contributed by atoms with van der Waals surface area (Å²) >= 11 is 9.07. The summed E-state index contributed by atoms with van der Waals surface area (Å²) in [5, 5.41) is 15.8. The molecule has 1 aromatic carbocycles. The van der Waals surface area contributed by atoms with Crippen molar-refractivity contribution in [3.05, 3.63) is 40.4 Å². The zero-order chi connectivity index (χ0) is 20.6. The fourth-order valence-electron chi connectivity index (χ4n) is 2.83. The van der Waals surface area contributed by atoms with Gasteiger partial charge in [-0.3, -0.25) is 4.79 Å². The van der Waals surface area contributed by atoms with Crippen LogP contribution in [-0.2, 0) is 17.1 Å². The van der Waals surface area contributed by atoms with Crippen molar-refractivity contribution in [2.45, 2.75) is 57.0 Å². The molecule has 2 heterocycles. The van der Waals surface area contributed by atoms with Crippen LogP contribution in [0, 0.1) is 0 Å². The van der Waals surface area contributed by atoms with E-state index in [0.717, 1.165) is 35.2 Å². The molecule has 154 valence electrons. The third-order valence-corrected chi connectivity index (χ3v) is 6.30. The maximum atomic E-state index is 11.2. The highest BCUT2D eigenvalue weighted by Gasteiger charge is 2.15. The van der Waals surface area contributed by atoms with Crippen molar-refractivity contribution in [3.8, 4) is 11.4 Å². The van der Waals surface area contributed by atoms with Gasteiger partial charge in [-0.05, 0) is 30.7 Å². The molecule has 0 fully saturated rings. The molecule has 0 aliphatic heterocycles. The molecule has 3 rings (SSSR count). The summed E-state index contributed by atoms with van der Waals surface area (Å²) in [7, 11) is 0. The van der Waals surface area contributed by atoms with Crippen molar-refractivity contribution in [1.29, 1.82) is 0 Å². The lowest BCUT2D eigenvalue weighted by Gasteiger charge is -2.10. The Balaban J connectivity index is 1.75. The number of amides is 1. The highest BCUT2D eigenvalue weighted by Crippen LogP contribution is 2.28. The Bertz CT molecular complexity index is 939. The molecule has 6 nitrogen and oxygen atoms in total. The zero-order valence-corrected chi connectivity index (χ0v) is 18.9. The molecule has 0 saturated heterocycles. The lowest BCUT2D eigenvalue weighted by molar-refractivity contribution is -0.114. The maximum absolute atomic E-state index is 11.2. The molecule has 0 spiro atoms. The van der Waals surface area contributed by atoms with E-state index in [0.29, 0.717) is 15.9 Å². The average molecular weight is 450 g/mol. The summed E-state index contributed by atoms with van der Waals surface area (Å²) < 4.78 is 2.19. The number of nitrogens with zero attached hydrogens (tertiary/aromatic N) is 4. The van der Waals surface area contributed by atoms with Crippen molar-refractivity contribution < 1.29 is 4.79 Å². The van der Waals surface area contributed by atoms with Crippen LogP contribution in [0.3, 0.4) is 0 Å². The Kier molecular flexibility index (Phi) is 8.09. The highest BCUT2D eigenvalue weighted by molar-refractivity contribution is 7.98. The Morgan fingerprint density at radius 1 is 1.21 bits per heavy atom. The molecule has 29 heavy (non-hydrogen) atoms. The van der Waals surface area contributed by atoms with Gasteiger partial charge in [-0.2, -0.15) is 0 Å². The lowest BCUT2D eigenvalue weighted by Crippen LogP contribution is -2.05. The predicted molar refractivity (Wildman–Crippen MR) is 121 cm³/mol. The molecule has 2 aromatic heterocycles. The molecule has 1 N–H and O–H groups in total. The van der Waals surface area contributed by atoms with Gasteiger partial charge in [-0.25, -0.2) is 4.98 Å². The first-order chi connectivity index (χ1) is 14.1. The van der Waals surface area contributed by atoms with Gasteiger partial charge >= 0.3 is 0 Å². The monoisotopic (exact) mass is 449 g/mol. The third-order valence-electron chi connectivity index (χ3n) is 4.24. The molecule has 1 amide bonds. The van der Waals surface area contributed by atoms with E-state index in [1.54, 1.807) is 11.8 Å². The van der Waals surface area contributed by atoms with Gasteiger partial charge in [0.25, 0.3) is 0 Å². The van der Waals surface area contributed by atoms with Crippen molar-refractivity contribution >= 4 is 45.7 Å². The van der Waals surface area contributed by atoms with E-state index in [-0.39, 0.29) is 5.91 Å². The fraction of sp³-hybridized carbons (Fsp3) is 0.400. The van der Waals surface area contributed by atoms with E-state index in [2.05, 4.69) is 32.0 Å². The van der Waals surface area contributed by atoms with E-state index in [1.807, 2.05) is 29.6 Å². The number of carbonyl (C=O) groups is 1. The van der Waals surface area contributed by atoms with Gasteiger partial charge in [0.15, 0.2) is 16.1 Å². The molecular formula is C20H24ClN5OS2. The van der Waals surface area contributed by atoms with Gasteiger partial charge in [-0.1, -0.05) is 49.5 Å². The summed E-state index contributed by atoms with van der Waals surface area (Å²) in [4.78, 5) is 15.6. The normalized spacial score (nSPS) is 11.0. The number of thioether (sulfide) groups is 1. The van der Waals surface area contributed by atoms with E-state index >= 15 is 0 Å². The zero-order valence-electron chi connectivity index (χ0n) is 16.5. The number of unbranched alkanes of at least 4 members (excludes halogenated alkanes) is 3. The van der Waals surface area contributed by atoms with Crippen molar-refractivity contribution in [2.24, 2.45) is 0 Å². The maximum Gasteiger partial charge on any atom is 0.223 e. The number of benzene rings is 1. The molecule has 0 atom stereocenters. The topological polar surface area (TPSA) is 72.7 Å². The molecule has 3 aromatic rings. The Morgan fingerprint density at radius 3 is 2.72 bits per heavy atom. The first-order valence-corrected chi connectivity index (χ1v) is 11.8. The van der Waals surface area contributed by atoms with Crippen LogP contribution in [-0.4, -0.2) is 25.7 Å². The number of carbonyl (C=O) groups excluding carboxylic acids is 1. The molecule has 0 bridgehead atoms. The van der Waals surface area contributed by atoms with Crippen molar-refractivity contribution in [1.82, 2.24) is 19.7 Å². The minimum absolute atomic E-state index is 0.113. The number of thiazole rings is 1. The Morgan fingerprint density at radius 2 is 2.00 bits per heavy atom. The Labute approximate surface area is 184 Å². The first kappa shape index (κ1) is 21.8. The Hall–Kier alpha value is -1.90. The van der Waals surface area contributed by atoms with Gasteiger partial charge in [0.2, 0.25) is 5.91 Å². The second kappa shape index (κ2) is 10.8. The SMILES string of the molecule is CCCCCCn1c(SCc2csc(NC(C)=O)n2)nnc1-c1ccc(Cl)cc1. The van der Waals surface area contributed by atoms with Crippen molar-refractivity contribution in [3.63, 3.8) is 0 Å². The summed E-state index contributed by atoms with van der Waals surface area (Å²) in [6.45, 7) is 4.57. The largest absolute Gasteiger partial charge is 0.302 e. The minimum Gasteiger partial charge on any atom is -0.302 e. The fourth-order valence-corrected chi connectivity index (χ4v) is 4.67. The molecule has 0 aliphatic rings. The third kappa shape index (κ3) is 6.29. The van der Waals surface area contributed by atoms with Gasteiger partial charge in [-0.15, -0.1) is 21.5 Å². The van der Waals surface area contributed by atoms with E-state index in [4.69, 9.17) is 11.6 Å². The van der Waals surface area contributed by atoms with Crippen LogP contribution in [0.5, 0.6) is 0 Å². The van der Waals surface area contributed by atoms with Gasteiger partial charge in [0, 0.05) is 35.2 Å². The predicted octanol–water partition coefficient (Wildman–Crippen LogP) is 5.89. The smallest absolute Gasteiger partial charge is 0.223 e.